The number of hydrogen-bond donors (Lipinski definition) is 0. The summed E-state index contributed by atoms with van der Waals surface area (Å²) in [5.41, 5.74) is 0.435. The van der Waals surface area contributed by atoms with E-state index in [4.69, 9.17) is 4.74 Å². The lowest BCUT2D eigenvalue weighted by molar-refractivity contribution is -0.0231. The molecule has 1 heterocycles. The van der Waals surface area contributed by atoms with Crippen molar-refractivity contribution in [2.24, 2.45) is 0 Å². The molecule has 0 saturated carbocycles. The minimum absolute atomic E-state index is 0.274. The molecule has 3 nitrogen and oxygen atoms in total. The summed E-state index contributed by atoms with van der Waals surface area (Å²) in [6.07, 6.45) is -0.284. The van der Waals surface area contributed by atoms with Crippen LogP contribution in [0.4, 0.5) is 8.78 Å². The Kier molecular flexibility index (Phi) is 4.15. The van der Waals surface area contributed by atoms with Crippen LogP contribution in [0.5, 0.6) is 0 Å². The summed E-state index contributed by atoms with van der Waals surface area (Å²) in [4.78, 5) is 13.8. The largest absolute Gasteiger partial charge is 0.370 e. The second-order valence-corrected chi connectivity index (χ2v) is 5.12. The zero-order valence-electron chi connectivity index (χ0n) is 11.8. The fourth-order valence-corrected chi connectivity index (χ4v) is 2.56. The van der Waals surface area contributed by atoms with E-state index in [0.717, 1.165) is 17.7 Å². The first-order chi connectivity index (χ1) is 10.7. The predicted octanol–water partition coefficient (Wildman–Crippen LogP) is 3.18. The van der Waals surface area contributed by atoms with Crippen molar-refractivity contribution >= 4 is 5.91 Å². The standard InChI is InChI=1S/C17H15F2NO2/c18-13-7-4-8-14(19)16(13)17(21)20-9-10-22-15(11-20)12-5-2-1-3-6-12/h1-8,15H,9-11H2. The molecule has 1 aliphatic heterocycles. The van der Waals surface area contributed by atoms with Crippen molar-refractivity contribution < 1.29 is 18.3 Å². The summed E-state index contributed by atoms with van der Waals surface area (Å²) in [5, 5.41) is 0. The van der Waals surface area contributed by atoms with Gasteiger partial charge in [0.15, 0.2) is 0 Å². The number of hydrogen-bond acceptors (Lipinski definition) is 2. The molecule has 0 radical (unpaired) electrons. The van der Waals surface area contributed by atoms with E-state index in [1.54, 1.807) is 0 Å². The molecular weight excluding hydrogens is 288 g/mol. The molecule has 1 atom stereocenters. The van der Waals surface area contributed by atoms with Gasteiger partial charge in [-0.1, -0.05) is 36.4 Å². The molecule has 0 aromatic heterocycles. The summed E-state index contributed by atoms with van der Waals surface area (Å²) in [5.74, 6) is -2.32. The first-order valence-corrected chi connectivity index (χ1v) is 7.06. The van der Waals surface area contributed by atoms with Gasteiger partial charge in [-0.25, -0.2) is 8.78 Å². The highest BCUT2D eigenvalue weighted by molar-refractivity contribution is 5.94. The fourth-order valence-electron chi connectivity index (χ4n) is 2.56. The number of amides is 1. The number of carbonyl (C=O) groups excluding carboxylic acids is 1. The maximum Gasteiger partial charge on any atom is 0.260 e. The molecule has 2 aromatic rings. The Morgan fingerprint density at radius 2 is 1.73 bits per heavy atom. The highest BCUT2D eigenvalue weighted by Crippen LogP contribution is 2.24. The highest BCUT2D eigenvalue weighted by atomic mass is 19.1. The monoisotopic (exact) mass is 303 g/mol. The molecule has 0 N–H and O–H groups in total. The van der Waals surface area contributed by atoms with Crippen LogP contribution in [0.3, 0.4) is 0 Å². The van der Waals surface area contributed by atoms with Crippen LogP contribution in [-0.4, -0.2) is 30.5 Å². The molecule has 3 rings (SSSR count). The second-order valence-electron chi connectivity index (χ2n) is 5.12. The molecule has 2 aromatic carbocycles. The molecule has 1 unspecified atom stereocenters. The van der Waals surface area contributed by atoms with Crippen LogP contribution in [0, 0.1) is 11.6 Å². The lowest BCUT2D eigenvalue weighted by Gasteiger charge is -2.33. The maximum atomic E-state index is 13.8. The molecule has 1 fully saturated rings. The summed E-state index contributed by atoms with van der Waals surface area (Å²) in [6.45, 7) is 0.925. The minimum atomic E-state index is -0.840. The number of rotatable bonds is 2. The Hall–Kier alpha value is -2.27. The van der Waals surface area contributed by atoms with Crippen molar-refractivity contribution in [2.75, 3.05) is 19.7 Å². The van der Waals surface area contributed by atoms with Crippen molar-refractivity contribution in [1.82, 2.24) is 4.90 Å². The van der Waals surface area contributed by atoms with Crippen LogP contribution in [0.1, 0.15) is 22.0 Å². The van der Waals surface area contributed by atoms with Crippen molar-refractivity contribution in [1.29, 1.82) is 0 Å². The van der Waals surface area contributed by atoms with Gasteiger partial charge < -0.3 is 9.64 Å². The molecule has 0 bridgehead atoms. The minimum Gasteiger partial charge on any atom is -0.370 e. The van der Waals surface area contributed by atoms with E-state index in [0.29, 0.717) is 13.2 Å². The highest BCUT2D eigenvalue weighted by Gasteiger charge is 2.29. The summed E-state index contributed by atoms with van der Waals surface area (Å²) < 4.78 is 33.2. The van der Waals surface area contributed by atoms with E-state index in [2.05, 4.69) is 0 Å². The molecule has 0 aliphatic carbocycles. The third kappa shape index (κ3) is 2.85. The van der Waals surface area contributed by atoms with Gasteiger partial charge in [0.25, 0.3) is 5.91 Å². The molecule has 5 heteroatoms. The van der Waals surface area contributed by atoms with Crippen LogP contribution >= 0.6 is 0 Å². The van der Waals surface area contributed by atoms with Crippen LogP contribution < -0.4 is 0 Å². The van der Waals surface area contributed by atoms with E-state index in [9.17, 15) is 13.6 Å². The van der Waals surface area contributed by atoms with Gasteiger partial charge in [-0.15, -0.1) is 0 Å². The molecular formula is C17H15F2NO2. The van der Waals surface area contributed by atoms with Gasteiger partial charge in [0.05, 0.1) is 13.2 Å². The van der Waals surface area contributed by atoms with Crippen molar-refractivity contribution in [2.45, 2.75) is 6.10 Å². The third-order valence-electron chi connectivity index (χ3n) is 3.70. The van der Waals surface area contributed by atoms with Crippen LogP contribution in [0.15, 0.2) is 48.5 Å². The van der Waals surface area contributed by atoms with Gasteiger partial charge in [-0.2, -0.15) is 0 Å². The second kappa shape index (κ2) is 6.23. The van der Waals surface area contributed by atoms with Crippen LogP contribution in [0.2, 0.25) is 0 Å². The fraction of sp³-hybridized carbons (Fsp3) is 0.235. The first kappa shape index (κ1) is 14.7. The Morgan fingerprint density at radius 1 is 1.05 bits per heavy atom. The van der Waals surface area contributed by atoms with Gasteiger partial charge in [-0.05, 0) is 17.7 Å². The van der Waals surface area contributed by atoms with E-state index in [1.165, 1.54) is 11.0 Å². The summed E-state index contributed by atoms with van der Waals surface area (Å²) in [6, 6.07) is 12.9. The van der Waals surface area contributed by atoms with E-state index in [-0.39, 0.29) is 12.6 Å². The predicted molar refractivity (Wildman–Crippen MR) is 77.4 cm³/mol. The number of carbonyl (C=O) groups is 1. The van der Waals surface area contributed by atoms with Crippen molar-refractivity contribution in [3.8, 4) is 0 Å². The molecule has 114 valence electrons. The van der Waals surface area contributed by atoms with Gasteiger partial charge in [0.2, 0.25) is 0 Å². The molecule has 1 saturated heterocycles. The quantitative estimate of drug-likeness (QED) is 0.853. The number of ether oxygens (including phenoxy) is 1. The van der Waals surface area contributed by atoms with Gasteiger partial charge in [-0.3, -0.25) is 4.79 Å². The summed E-state index contributed by atoms with van der Waals surface area (Å²) >= 11 is 0. The van der Waals surface area contributed by atoms with Gasteiger partial charge >= 0.3 is 0 Å². The zero-order valence-corrected chi connectivity index (χ0v) is 11.8. The smallest absolute Gasteiger partial charge is 0.260 e. The van der Waals surface area contributed by atoms with Crippen LogP contribution in [-0.2, 0) is 4.74 Å². The number of morpholine rings is 1. The lowest BCUT2D eigenvalue weighted by atomic mass is 10.1. The molecule has 22 heavy (non-hydrogen) atoms. The third-order valence-corrected chi connectivity index (χ3v) is 3.70. The Balaban J connectivity index is 1.82. The normalized spacial score (nSPS) is 18.3. The van der Waals surface area contributed by atoms with Crippen molar-refractivity contribution in [3.63, 3.8) is 0 Å². The lowest BCUT2D eigenvalue weighted by Crippen LogP contribution is -2.42. The maximum absolute atomic E-state index is 13.8. The average Bonchev–Trinajstić information content (AvgIpc) is 2.55. The molecule has 1 aliphatic rings. The molecule has 0 spiro atoms. The zero-order chi connectivity index (χ0) is 15.5. The first-order valence-electron chi connectivity index (χ1n) is 7.06. The Labute approximate surface area is 127 Å². The number of halogens is 2. The number of benzene rings is 2. The summed E-state index contributed by atoms with van der Waals surface area (Å²) in [7, 11) is 0. The van der Waals surface area contributed by atoms with E-state index >= 15 is 0 Å². The van der Waals surface area contributed by atoms with Gasteiger partial charge in [0, 0.05) is 6.54 Å². The Morgan fingerprint density at radius 3 is 2.41 bits per heavy atom. The average molecular weight is 303 g/mol. The topological polar surface area (TPSA) is 29.5 Å². The molecule has 1 amide bonds. The SMILES string of the molecule is O=C(c1c(F)cccc1F)N1CCOC(c2ccccc2)C1. The Bertz CT molecular complexity index is 655. The van der Waals surface area contributed by atoms with Crippen molar-refractivity contribution in [3.05, 3.63) is 71.3 Å². The van der Waals surface area contributed by atoms with Crippen LogP contribution in [0.25, 0.3) is 0 Å². The van der Waals surface area contributed by atoms with Gasteiger partial charge in [0.1, 0.15) is 23.3 Å². The number of nitrogens with zero attached hydrogens (tertiary/aromatic N) is 1. The van der Waals surface area contributed by atoms with E-state index in [1.807, 2.05) is 30.3 Å². The van der Waals surface area contributed by atoms with E-state index < -0.39 is 23.1 Å².